The fourth-order valence-electron chi connectivity index (χ4n) is 4.08. The van der Waals surface area contributed by atoms with Gasteiger partial charge in [-0.25, -0.2) is 16.8 Å². The first-order chi connectivity index (χ1) is 19.5. The number of carboxylic acids is 1. The van der Waals surface area contributed by atoms with E-state index in [2.05, 4.69) is 10.0 Å². The van der Waals surface area contributed by atoms with Crippen LogP contribution in [-0.4, -0.2) is 69.2 Å². The van der Waals surface area contributed by atoms with Crippen LogP contribution in [0.15, 0.2) is 58.3 Å². The number of nitrogens with two attached hydrogens (primary N) is 2. The van der Waals surface area contributed by atoms with Crippen molar-refractivity contribution in [1.29, 1.82) is 0 Å². The molecule has 0 aromatic heterocycles. The minimum absolute atomic E-state index is 0.0155. The maximum absolute atomic E-state index is 13.4. The number of carboxylic acid groups (broad SMARTS) is 1. The summed E-state index contributed by atoms with van der Waals surface area (Å²) in [7, 11) is -8.30. The molecule has 2 amide bonds. The number of sulfonamides is 2. The van der Waals surface area contributed by atoms with Crippen LogP contribution < -0.4 is 21.5 Å². The summed E-state index contributed by atoms with van der Waals surface area (Å²) in [5, 5.41) is 12.5. The number of nitrogen functional groups attached to an aromatic ring is 1. The van der Waals surface area contributed by atoms with E-state index >= 15 is 0 Å². The number of unbranched alkanes of at least 4 members (excludes halogenated alkanes) is 1. The fraction of sp³-hybridized carbons (Fsp3) is 0.444. The third kappa shape index (κ3) is 10.1. The second-order valence-electron chi connectivity index (χ2n) is 10.3. The van der Waals surface area contributed by atoms with Gasteiger partial charge >= 0.3 is 5.97 Å². The predicted octanol–water partition coefficient (Wildman–Crippen LogP) is 1.19. The zero-order valence-corrected chi connectivity index (χ0v) is 25.4. The molecule has 0 saturated heterocycles. The van der Waals surface area contributed by atoms with Crippen LogP contribution in [-0.2, 0) is 34.4 Å². The van der Waals surface area contributed by atoms with Gasteiger partial charge in [-0.3, -0.25) is 14.4 Å². The molecule has 0 unspecified atom stereocenters. The second-order valence-corrected chi connectivity index (χ2v) is 13.9. The van der Waals surface area contributed by atoms with E-state index in [1.807, 2.05) is 0 Å². The largest absolute Gasteiger partial charge is 0.480 e. The molecule has 2 atom stereocenters. The van der Waals surface area contributed by atoms with Crippen molar-refractivity contribution in [3.8, 4) is 0 Å². The van der Waals surface area contributed by atoms with Gasteiger partial charge in [0.25, 0.3) is 0 Å². The van der Waals surface area contributed by atoms with Crippen molar-refractivity contribution in [2.75, 3.05) is 18.8 Å². The quantitative estimate of drug-likeness (QED) is 0.126. The van der Waals surface area contributed by atoms with Gasteiger partial charge in [-0.1, -0.05) is 31.5 Å². The molecule has 0 aliphatic heterocycles. The Bertz CT molecular complexity index is 1440. The smallest absolute Gasteiger partial charge is 0.322 e. The molecule has 2 aromatic carbocycles. The van der Waals surface area contributed by atoms with Crippen LogP contribution in [0.2, 0.25) is 0 Å². The third-order valence-electron chi connectivity index (χ3n) is 6.22. The molecule has 0 aliphatic carbocycles. The molecule has 42 heavy (non-hydrogen) atoms. The Hall–Kier alpha value is -3.53. The van der Waals surface area contributed by atoms with E-state index in [1.165, 1.54) is 36.4 Å². The van der Waals surface area contributed by atoms with Crippen molar-refractivity contribution in [3.63, 3.8) is 0 Å². The van der Waals surface area contributed by atoms with Gasteiger partial charge < -0.3 is 21.9 Å². The van der Waals surface area contributed by atoms with Gasteiger partial charge in [-0.05, 0) is 68.5 Å². The van der Waals surface area contributed by atoms with Gasteiger partial charge in [0.15, 0.2) is 0 Å². The Labute approximate surface area is 246 Å². The first kappa shape index (κ1) is 34.7. The van der Waals surface area contributed by atoms with E-state index in [9.17, 15) is 36.3 Å². The molecule has 15 heteroatoms. The number of nitrogens with zero attached hydrogens (tertiary/aromatic N) is 1. The third-order valence-corrected chi connectivity index (χ3v) is 9.60. The summed E-state index contributed by atoms with van der Waals surface area (Å²) >= 11 is 0. The molecule has 0 heterocycles. The highest BCUT2D eigenvalue weighted by Crippen LogP contribution is 2.23. The number of nitrogens with one attached hydrogen (secondary N) is 2. The van der Waals surface area contributed by atoms with Crippen LogP contribution in [0, 0.1) is 12.8 Å². The maximum Gasteiger partial charge on any atom is 0.322 e. The Morgan fingerprint density at radius 2 is 1.50 bits per heavy atom. The number of carbonyl (C=O) groups excluding carboxylic acids is 2. The molecule has 0 radical (unpaired) electrons. The number of hydrogen-bond donors (Lipinski definition) is 5. The molecular formula is C27H39N5O8S2. The minimum atomic E-state index is -4.16. The molecule has 0 fully saturated rings. The van der Waals surface area contributed by atoms with Gasteiger partial charge in [0.1, 0.15) is 12.1 Å². The van der Waals surface area contributed by atoms with Gasteiger partial charge in [0.2, 0.25) is 31.9 Å². The summed E-state index contributed by atoms with van der Waals surface area (Å²) in [5.41, 5.74) is 12.1. The van der Waals surface area contributed by atoms with Crippen LogP contribution in [0.3, 0.4) is 0 Å². The van der Waals surface area contributed by atoms with E-state index in [4.69, 9.17) is 11.5 Å². The molecular weight excluding hydrogens is 586 g/mol. The highest BCUT2D eigenvalue weighted by molar-refractivity contribution is 7.89. The number of carbonyl (C=O) groups is 3. The number of aliphatic carboxylic acids is 1. The van der Waals surface area contributed by atoms with Crippen molar-refractivity contribution in [2.24, 2.45) is 11.7 Å². The molecule has 2 aromatic rings. The van der Waals surface area contributed by atoms with Crippen molar-refractivity contribution in [3.05, 3.63) is 54.1 Å². The summed E-state index contributed by atoms with van der Waals surface area (Å²) in [6, 6.07) is 8.57. The van der Waals surface area contributed by atoms with Gasteiger partial charge in [-0.2, -0.15) is 9.03 Å². The van der Waals surface area contributed by atoms with Gasteiger partial charge in [0, 0.05) is 18.8 Å². The SMILES string of the molecule is Cc1ccc(S(=O)(=O)N[C@@H](CC(N)=O)C(=O)NCCCC[C@@H](C(=O)O)N(CC(C)C)S(=O)(=O)c2ccc(N)cc2)cc1. The van der Waals surface area contributed by atoms with E-state index in [0.29, 0.717) is 5.69 Å². The van der Waals surface area contributed by atoms with Crippen LogP contribution in [0.25, 0.3) is 0 Å². The number of primary amides is 1. The predicted molar refractivity (Wildman–Crippen MR) is 157 cm³/mol. The monoisotopic (exact) mass is 625 g/mol. The van der Waals surface area contributed by atoms with E-state index in [0.717, 1.165) is 9.87 Å². The Kier molecular flexibility index (Phi) is 12.5. The van der Waals surface area contributed by atoms with E-state index in [-0.39, 0.29) is 48.1 Å². The van der Waals surface area contributed by atoms with Crippen molar-refractivity contribution in [2.45, 2.75) is 68.3 Å². The molecule has 7 N–H and O–H groups in total. The van der Waals surface area contributed by atoms with Crippen molar-refractivity contribution < 1.29 is 36.3 Å². The average Bonchev–Trinajstić information content (AvgIpc) is 2.89. The van der Waals surface area contributed by atoms with Gasteiger partial charge in [0.05, 0.1) is 16.2 Å². The van der Waals surface area contributed by atoms with Crippen LogP contribution >= 0.6 is 0 Å². The van der Waals surface area contributed by atoms with Crippen molar-refractivity contribution >= 4 is 43.5 Å². The molecule has 13 nitrogen and oxygen atoms in total. The van der Waals surface area contributed by atoms with E-state index < -0.39 is 56.3 Å². The van der Waals surface area contributed by atoms with E-state index in [1.54, 1.807) is 32.9 Å². The highest BCUT2D eigenvalue weighted by Gasteiger charge is 2.36. The van der Waals surface area contributed by atoms with Gasteiger partial charge in [-0.15, -0.1) is 0 Å². The molecule has 2 rings (SSSR count). The summed E-state index contributed by atoms with van der Waals surface area (Å²) in [4.78, 5) is 36.3. The average molecular weight is 626 g/mol. The Morgan fingerprint density at radius 3 is 2.02 bits per heavy atom. The number of rotatable bonds is 17. The highest BCUT2D eigenvalue weighted by atomic mass is 32.2. The topological polar surface area (TPSA) is 219 Å². The van der Waals surface area contributed by atoms with Crippen molar-refractivity contribution in [1.82, 2.24) is 14.3 Å². The summed E-state index contributed by atoms with van der Waals surface area (Å²) in [5.74, 6) is -3.16. The first-order valence-corrected chi connectivity index (χ1v) is 16.2. The molecule has 0 bridgehead atoms. The second kappa shape index (κ2) is 15.1. The summed E-state index contributed by atoms with van der Waals surface area (Å²) in [6.45, 7) is 5.31. The molecule has 0 spiro atoms. The Balaban J connectivity index is 2.06. The normalized spacial score (nSPS) is 13.5. The number of amides is 2. The lowest BCUT2D eigenvalue weighted by Crippen LogP contribution is -2.48. The lowest BCUT2D eigenvalue weighted by molar-refractivity contribution is -0.142. The lowest BCUT2D eigenvalue weighted by atomic mass is 10.1. The van der Waals surface area contributed by atoms with Crippen LogP contribution in [0.5, 0.6) is 0 Å². The number of benzene rings is 2. The summed E-state index contributed by atoms with van der Waals surface area (Å²) in [6.07, 6.45) is -0.151. The first-order valence-electron chi connectivity index (χ1n) is 13.3. The number of anilines is 1. The molecule has 232 valence electrons. The number of aryl methyl sites for hydroxylation is 1. The zero-order chi connectivity index (χ0) is 31.7. The Morgan fingerprint density at radius 1 is 0.929 bits per heavy atom. The van der Waals surface area contributed by atoms with Crippen LogP contribution in [0.4, 0.5) is 5.69 Å². The zero-order valence-electron chi connectivity index (χ0n) is 23.8. The number of hydrogen-bond acceptors (Lipinski definition) is 8. The molecule has 0 saturated carbocycles. The fourth-order valence-corrected chi connectivity index (χ4v) is 7.05. The molecule has 0 aliphatic rings. The minimum Gasteiger partial charge on any atom is -0.480 e. The lowest BCUT2D eigenvalue weighted by Gasteiger charge is -2.29. The maximum atomic E-state index is 13.4. The van der Waals surface area contributed by atoms with Crippen LogP contribution in [0.1, 0.15) is 45.1 Å². The standard InChI is InChI=1S/C27H39N5O8S2/c1-18(2)17-32(42(39,40)22-13-9-20(28)10-14-22)24(27(35)36)6-4-5-15-30-26(34)23(16-25(29)33)31-41(37,38)21-11-7-19(3)8-12-21/h7-14,18,23-24,31H,4-6,15-17,28H2,1-3H3,(H2,29,33)(H,30,34)(H,35,36)/t23-,24-/m0/s1. The summed E-state index contributed by atoms with van der Waals surface area (Å²) < 4.78 is 55.4.